The van der Waals surface area contributed by atoms with Crippen LogP contribution in [-0.2, 0) is 51.2 Å². The largest absolute Gasteiger partial charge is 0.414 e. The van der Waals surface area contributed by atoms with E-state index in [1.807, 2.05) is 6.08 Å². The van der Waals surface area contributed by atoms with Gasteiger partial charge in [0.05, 0.1) is 73.8 Å². The molecule has 75 heavy (non-hydrogen) atoms. The van der Waals surface area contributed by atoms with Crippen molar-refractivity contribution in [2.45, 2.75) is 304 Å². The Kier molecular flexibility index (Phi) is 22.4. The van der Waals surface area contributed by atoms with Gasteiger partial charge < -0.3 is 56.3 Å². The van der Waals surface area contributed by atoms with E-state index >= 15 is 0 Å². The number of aliphatic hydroxyl groups is 1. The van der Waals surface area contributed by atoms with Crippen LogP contribution in [0.1, 0.15) is 146 Å². The molecule has 8 rings (SSSR count). The first-order chi connectivity index (χ1) is 36.0. The highest BCUT2D eigenvalue weighted by Gasteiger charge is 2.68. The van der Waals surface area contributed by atoms with E-state index in [4.69, 9.17) is 51.2 Å². The summed E-state index contributed by atoms with van der Waals surface area (Å²) in [7, 11) is -4.07. The van der Waals surface area contributed by atoms with Crippen LogP contribution in [0.4, 0.5) is 0 Å². The molecule has 8 aliphatic rings. The zero-order chi connectivity index (χ0) is 54.3. The predicted octanol–water partition coefficient (Wildman–Crippen LogP) is 12.9. The Morgan fingerprint density at radius 1 is 0.680 bits per heavy atom. The third-order valence-electron chi connectivity index (χ3n) is 20.2. The summed E-state index contributed by atoms with van der Waals surface area (Å²) in [5, 5.41) is 11.3. The molecule has 0 aromatic rings. The van der Waals surface area contributed by atoms with E-state index in [1.54, 1.807) is 13.2 Å². The molecule has 8 saturated heterocycles. The van der Waals surface area contributed by atoms with Crippen molar-refractivity contribution >= 4 is 25.0 Å². The average Bonchev–Trinajstić information content (AvgIpc) is 4.11. The van der Waals surface area contributed by atoms with Crippen LogP contribution in [0, 0.1) is 11.8 Å². The lowest BCUT2D eigenvalue weighted by Crippen LogP contribution is -2.62. The lowest BCUT2D eigenvalue weighted by atomic mass is 9.81. The molecule has 0 amide bonds. The minimum absolute atomic E-state index is 0.0305. The van der Waals surface area contributed by atoms with Crippen molar-refractivity contribution in [1.82, 2.24) is 0 Å². The van der Waals surface area contributed by atoms with Gasteiger partial charge in [0.2, 0.25) is 0 Å². The fourth-order valence-corrected chi connectivity index (χ4v) is 23.0. The van der Waals surface area contributed by atoms with E-state index in [0.717, 1.165) is 97.6 Å². The van der Waals surface area contributed by atoms with E-state index in [2.05, 4.69) is 95.6 Å². The first-order valence-corrected chi connectivity index (χ1v) is 38.0. The zero-order valence-corrected chi connectivity index (χ0v) is 51.9. The van der Waals surface area contributed by atoms with E-state index in [0.29, 0.717) is 51.6 Å². The van der Waals surface area contributed by atoms with E-state index in [9.17, 15) is 5.11 Å². The lowest BCUT2D eigenvalue weighted by Gasteiger charge is -2.47. The van der Waals surface area contributed by atoms with Gasteiger partial charge in [-0.25, -0.2) is 0 Å². The molecule has 12 nitrogen and oxygen atoms in total. The third kappa shape index (κ3) is 13.7. The summed E-state index contributed by atoms with van der Waals surface area (Å²) in [5.41, 5.74) is 2.27. The molecule has 15 heteroatoms. The molecule has 8 fully saturated rings. The molecule has 8 heterocycles. The molecular formula is C60H106O12Si3. The number of hydrogen-bond donors (Lipinski definition) is 1. The third-order valence-corrected chi connectivity index (χ3v) is 34.2. The van der Waals surface area contributed by atoms with E-state index in [-0.39, 0.29) is 103 Å². The first kappa shape index (κ1) is 61.7. The second-order valence-corrected chi connectivity index (χ2v) is 38.3. The van der Waals surface area contributed by atoms with Crippen molar-refractivity contribution in [2.75, 3.05) is 13.7 Å². The molecule has 0 aliphatic carbocycles. The van der Waals surface area contributed by atoms with Crippen LogP contribution in [0.2, 0.25) is 54.4 Å². The van der Waals surface area contributed by atoms with Crippen molar-refractivity contribution in [3.8, 4) is 0 Å². The van der Waals surface area contributed by atoms with Crippen molar-refractivity contribution in [3.63, 3.8) is 0 Å². The molecule has 6 bridgehead atoms. The van der Waals surface area contributed by atoms with Crippen LogP contribution < -0.4 is 0 Å². The van der Waals surface area contributed by atoms with Crippen molar-refractivity contribution in [2.24, 2.45) is 11.8 Å². The van der Waals surface area contributed by atoms with Gasteiger partial charge in [-0.2, -0.15) is 0 Å². The fourth-order valence-electron chi connectivity index (χ4n) is 14.6. The standard InChI is InChI=1S/C60H106O12Si3/c1-16-27-43(61)35-47-51(66-52(54(47)62-15)36-46(71-74(21-6,22-7)23-8)39-63-73(18-3,19-4)20-5)37-50-42(14)40(12)33-44(65-50)29-30-48-41(13)34-45(64-48)31-32-60-38-53-55(69-60)57-58(68-53)59(70-60)56(49(67-57)28-17-2)72-75(24-9,25-10)26-11/h16-17,40,43-59,61H,1-2,13-14,18-39H2,3-12,15H3/t40?,43?,44?,45?,46?,47?,48?,49-,50?,51-,52+,53+,54+,55?,56?,57-,58?,59?,60-/m0/s1. The smallest absolute Gasteiger partial charge is 0.192 e. The maximum Gasteiger partial charge on any atom is 0.192 e. The van der Waals surface area contributed by atoms with Gasteiger partial charge in [-0.05, 0) is 123 Å². The predicted molar refractivity (Wildman–Crippen MR) is 307 cm³/mol. The van der Waals surface area contributed by atoms with Gasteiger partial charge in [0, 0.05) is 38.7 Å². The highest BCUT2D eigenvalue weighted by Crippen LogP contribution is 2.54. The second-order valence-electron chi connectivity index (χ2n) is 24.1. The summed E-state index contributed by atoms with van der Waals surface area (Å²) < 4.78 is 76.9. The van der Waals surface area contributed by atoms with Crippen LogP contribution in [0.25, 0.3) is 0 Å². The van der Waals surface area contributed by atoms with Gasteiger partial charge in [0.1, 0.15) is 30.5 Å². The minimum atomic E-state index is -2.01. The summed E-state index contributed by atoms with van der Waals surface area (Å²) in [6.45, 7) is 40.7. The van der Waals surface area contributed by atoms with Crippen LogP contribution in [-0.4, -0.2) is 147 Å². The molecule has 430 valence electrons. The summed E-state index contributed by atoms with van der Waals surface area (Å²) in [4.78, 5) is 0. The summed E-state index contributed by atoms with van der Waals surface area (Å²) in [6.07, 6.45) is 9.92. The zero-order valence-electron chi connectivity index (χ0n) is 48.9. The molecule has 0 aromatic carbocycles. The van der Waals surface area contributed by atoms with Crippen molar-refractivity contribution in [3.05, 3.63) is 49.6 Å². The number of rotatable bonds is 33. The summed E-state index contributed by atoms with van der Waals surface area (Å²) in [5.74, 6) is -0.522. The highest BCUT2D eigenvalue weighted by molar-refractivity contribution is 6.74. The highest BCUT2D eigenvalue weighted by atomic mass is 28.4. The van der Waals surface area contributed by atoms with Gasteiger partial charge >= 0.3 is 0 Å². The molecule has 0 radical (unpaired) electrons. The molecule has 0 aromatic heterocycles. The van der Waals surface area contributed by atoms with Gasteiger partial charge in [-0.1, -0.05) is 94.5 Å². The Morgan fingerprint density at radius 2 is 1.32 bits per heavy atom. The molecule has 12 unspecified atom stereocenters. The lowest BCUT2D eigenvalue weighted by molar-refractivity contribution is -0.271. The second kappa shape index (κ2) is 27.3. The fraction of sp³-hybridized carbons (Fsp3) is 0.867. The minimum Gasteiger partial charge on any atom is -0.414 e. The number of aliphatic hydroxyl groups excluding tert-OH is 1. The summed E-state index contributed by atoms with van der Waals surface area (Å²) >= 11 is 0. The SMILES string of the molecule is C=CCC(O)CC1[C@H](CC2OC(CCC3OC(CC[C@@]45C[C@H]6OC7C(O4)C(O[Si](CC)(CC)CC)[C@H](CC=C)O[C@H]7C6O5)CC3=C)CC(C)C2=C)O[C@H](CC(CO[Si](CC)(CC)CC)O[Si](CC)(CC)CC)[C@@H]1OC. The molecule has 8 aliphatic heterocycles. The van der Waals surface area contributed by atoms with Crippen molar-refractivity contribution in [1.29, 1.82) is 0 Å². The normalized spacial score (nSPS) is 37.6. The molecule has 1 N–H and O–H groups in total. The molecule has 19 atom stereocenters. The molecule has 0 saturated carbocycles. The van der Waals surface area contributed by atoms with E-state index < -0.39 is 36.8 Å². The van der Waals surface area contributed by atoms with Gasteiger partial charge in [-0.15, -0.1) is 13.2 Å². The van der Waals surface area contributed by atoms with Crippen LogP contribution in [0.3, 0.4) is 0 Å². The number of ether oxygens (including phenoxy) is 8. The van der Waals surface area contributed by atoms with Gasteiger partial charge in [0.25, 0.3) is 0 Å². The molecule has 0 spiro atoms. The van der Waals surface area contributed by atoms with Crippen LogP contribution in [0.15, 0.2) is 49.6 Å². The van der Waals surface area contributed by atoms with Crippen LogP contribution >= 0.6 is 0 Å². The van der Waals surface area contributed by atoms with Crippen molar-refractivity contribution < 1.29 is 56.3 Å². The van der Waals surface area contributed by atoms with Crippen LogP contribution in [0.5, 0.6) is 0 Å². The number of methoxy groups -OCH3 is 1. The average molecular weight is 1100 g/mol. The van der Waals surface area contributed by atoms with Gasteiger partial charge in [0.15, 0.2) is 30.7 Å². The Balaban J connectivity index is 0.987. The maximum absolute atomic E-state index is 11.3. The monoisotopic (exact) mass is 1100 g/mol. The van der Waals surface area contributed by atoms with Gasteiger partial charge in [-0.3, -0.25) is 0 Å². The Hall–Kier alpha value is -0.869. The Morgan fingerprint density at radius 3 is 1.95 bits per heavy atom. The summed E-state index contributed by atoms with van der Waals surface area (Å²) in [6, 6.07) is 9.66. The first-order valence-electron chi connectivity index (χ1n) is 30.4. The quantitative estimate of drug-likeness (QED) is 0.0497. The van der Waals surface area contributed by atoms with E-state index in [1.165, 1.54) is 0 Å². The Labute approximate surface area is 458 Å². The molecular weight excluding hydrogens is 997 g/mol. The topological polar surface area (TPSA) is 122 Å². The Bertz CT molecular complexity index is 1820. The maximum atomic E-state index is 11.3. The number of hydrogen-bond acceptors (Lipinski definition) is 12.